The van der Waals surface area contributed by atoms with Crippen molar-refractivity contribution in [1.29, 1.82) is 0 Å². The molecule has 2 aliphatic heterocycles. The molecule has 160 valence electrons. The zero-order valence-electron chi connectivity index (χ0n) is 17.2. The van der Waals surface area contributed by atoms with Gasteiger partial charge in [-0.2, -0.15) is 4.31 Å². The summed E-state index contributed by atoms with van der Waals surface area (Å²) < 4.78 is 27.6. The summed E-state index contributed by atoms with van der Waals surface area (Å²) in [6.07, 6.45) is 5.85. The van der Waals surface area contributed by atoms with Gasteiger partial charge < -0.3 is 10.2 Å². The Morgan fingerprint density at radius 3 is 2.20 bits per heavy atom. The van der Waals surface area contributed by atoms with E-state index in [-0.39, 0.29) is 10.8 Å². The summed E-state index contributed by atoms with van der Waals surface area (Å²) in [6, 6.07) is 15.5. The van der Waals surface area contributed by atoms with Gasteiger partial charge in [-0.05, 0) is 68.5 Å². The number of piperidine rings is 2. The van der Waals surface area contributed by atoms with Gasteiger partial charge in [0.2, 0.25) is 15.9 Å². The number of hydrogen-bond acceptors (Lipinski definition) is 4. The highest BCUT2D eigenvalue weighted by molar-refractivity contribution is 7.89. The minimum absolute atomic E-state index is 0.232. The van der Waals surface area contributed by atoms with Crippen molar-refractivity contribution in [2.45, 2.75) is 49.5 Å². The van der Waals surface area contributed by atoms with Crippen molar-refractivity contribution in [3.63, 3.8) is 0 Å². The van der Waals surface area contributed by atoms with Crippen LogP contribution < -0.4 is 10.2 Å². The SMILES string of the molecule is O=C(Nc1ccc(N2CCCCC2)cc1)[C@H]1CCCCN1S(=O)(=O)c1ccccc1. The average Bonchev–Trinajstić information content (AvgIpc) is 2.81. The highest BCUT2D eigenvalue weighted by Gasteiger charge is 2.37. The molecule has 30 heavy (non-hydrogen) atoms. The summed E-state index contributed by atoms with van der Waals surface area (Å²) in [5.74, 6) is -0.264. The molecule has 4 rings (SSSR count). The van der Waals surface area contributed by atoms with E-state index >= 15 is 0 Å². The Balaban J connectivity index is 1.47. The van der Waals surface area contributed by atoms with Crippen LogP contribution in [0.5, 0.6) is 0 Å². The quantitative estimate of drug-likeness (QED) is 0.787. The number of anilines is 2. The van der Waals surface area contributed by atoms with Crippen LogP contribution in [0.2, 0.25) is 0 Å². The molecule has 0 bridgehead atoms. The van der Waals surface area contributed by atoms with E-state index in [1.807, 2.05) is 24.3 Å². The number of hydrogen-bond donors (Lipinski definition) is 1. The lowest BCUT2D eigenvalue weighted by molar-refractivity contribution is -0.120. The normalized spacial score (nSPS) is 20.7. The number of benzene rings is 2. The number of nitrogens with one attached hydrogen (secondary N) is 1. The minimum Gasteiger partial charge on any atom is -0.372 e. The Bertz CT molecular complexity index is 955. The van der Waals surface area contributed by atoms with Crippen molar-refractivity contribution < 1.29 is 13.2 Å². The van der Waals surface area contributed by atoms with Crippen LogP contribution in [0.15, 0.2) is 59.5 Å². The maximum atomic E-state index is 13.1. The van der Waals surface area contributed by atoms with Gasteiger partial charge >= 0.3 is 0 Å². The third-order valence-corrected chi connectivity index (χ3v) is 7.88. The number of carbonyl (C=O) groups excluding carboxylic acids is 1. The van der Waals surface area contributed by atoms with Crippen LogP contribution in [0.4, 0.5) is 11.4 Å². The first-order valence-electron chi connectivity index (χ1n) is 10.8. The van der Waals surface area contributed by atoms with Gasteiger partial charge in [0.25, 0.3) is 0 Å². The second kappa shape index (κ2) is 9.18. The van der Waals surface area contributed by atoms with Crippen molar-refractivity contribution in [3.05, 3.63) is 54.6 Å². The van der Waals surface area contributed by atoms with Crippen molar-refractivity contribution >= 4 is 27.3 Å². The molecule has 0 radical (unpaired) electrons. The van der Waals surface area contributed by atoms with Gasteiger partial charge in [-0.25, -0.2) is 8.42 Å². The van der Waals surface area contributed by atoms with Crippen molar-refractivity contribution in [2.24, 2.45) is 0 Å². The van der Waals surface area contributed by atoms with Gasteiger partial charge in [-0.3, -0.25) is 4.79 Å². The summed E-state index contributed by atoms with van der Waals surface area (Å²) in [5.41, 5.74) is 1.86. The van der Waals surface area contributed by atoms with Crippen LogP contribution in [0.25, 0.3) is 0 Å². The lowest BCUT2D eigenvalue weighted by Crippen LogP contribution is -2.49. The monoisotopic (exact) mass is 427 g/mol. The number of amides is 1. The molecular weight excluding hydrogens is 398 g/mol. The fourth-order valence-corrected chi connectivity index (χ4v) is 5.99. The van der Waals surface area contributed by atoms with Gasteiger partial charge in [0.1, 0.15) is 6.04 Å². The predicted molar refractivity (Wildman–Crippen MR) is 119 cm³/mol. The maximum absolute atomic E-state index is 13.1. The first-order chi connectivity index (χ1) is 14.6. The van der Waals surface area contributed by atoms with Crippen LogP contribution in [0.1, 0.15) is 38.5 Å². The van der Waals surface area contributed by atoms with Crippen LogP contribution >= 0.6 is 0 Å². The summed E-state index contributed by atoms with van der Waals surface area (Å²) in [4.78, 5) is 15.6. The summed E-state index contributed by atoms with van der Waals surface area (Å²) in [7, 11) is -3.70. The second-order valence-electron chi connectivity index (χ2n) is 8.02. The van der Waals surface area contributed by atoms with E-state index in [2.05, 4.69) is 10.2 Å². The van der Waals surface area contributed by atoms with Crippen LogP contribution in [0.3, 0.4) is 0 Å². The molecule has 1 amide bonds. The fraction of sp³-hybridized carbons (Fsp3) is 0.435. The molecule has 6 nitrogen and oxygen atoms in total. The summed E-state index contributed by atoms with van der Waals surface area (Å²) >= 11 is 0. The number of sulfonamides is 1. The molecule has 2 aromatic rings. The number of carbonyl (C=O) groups is 1. The molecule has 0 aromatic heterocycles. The van der Waals surface area contributed by atoms with Crippen molar-refractivity contribution in [2.75, 3.05) is 29.9 Å². The van der Waals surface area contributed by atoms with Gasteiger partial charge in [0, 0.05) is 31.0 Å². The molecule has 2 aliphatic rings. The molecular formula is C23H29N3O3S. The van der Waals surface area contributed by atoms with Gasteiger partial charge in [0.05, 0.1) is 4.90 Å². The number of nitrogens with zero attached hydrogens (tertiary/aromatic N) is 2. The van der Waals surface area contributed by atoms with E-state index in [0.29, 0.717) is 18.7 Å². The Hall–Kier alpha value is -2.38. The van der Waals surface area contributed by atoms with Gasteiger partial charge in [-0.15, -0.1) is 0 Å². The van der Waals surface area contributed by atoms with Crippen LogP contribution in [-0.2, 0) is 14.8 Å². The first kappa shape index (κ1) is 20.9. The Labute approximate surface area is 178 Å². The standard InChI is InChI=1S/C23H29N3O3S/c27-23(24-19-12-14-20(15-13-19)25-16-6-2-7-17-25)22-11-5-8-18-26(22)30(28,29)21-9-3-1-4-10-21/h1,3-4,9-10,12-15,22H,2,5-8,11,16-18H2,(H,24,27)/t22-/m1/s1. The van der Waals surface area contributed by atoms with E-state index in [0.717, 1.165) is 25.9 Å². The third-order valence-electron chi connectivity index (χ3n) is 5.96. The predicted octanol–water partition coefficient (Wildman–Crippen LogP) is 3.86. The molecule has 0 aliphatic carbocycles. The molecule has 0 spiro atoms. The maximum Gasteiger partial charge on any atom is 0.243 e. The average molecular weight is 428 g/mol. The highest BCUT2D eigenvalue weighted by Crippen LogP contribution is 2.27. The lowest BCUT2D eigenvalue weighted by atomic mass is 10.0. The Morgan fingerprint density at radius 1 is 0.833 bits per heavy atom. The van der Waals surface area contributed by atoms with Crippen molar-refractivity contribution in [1.82, 2.24) is 4.31 Å². The fourth-order valence-electron chi connectivity index (χ4n) is 4.32. The second-order valence-corrected chi connectivity index (χ2v) is 9.91. The van der Waals surface area contributed by atoms with Crippen LogP contribution in [0, 0.1) is 0 Å². The van der Waals surface area contributed by atoms with E-state index in [1.165, 1.54) is 29.3 Å². The largest absolute Gasteiger partial charge is 0.372 e. The Morgan fingerprint density at radius 2 is 1.50 bits per heavy atom. The molecule has 0 unspecified atom stereocenters. The summed E-state index contributed by atoms with van der Waals surface area (Å²) in [5, 5.41) is 2.93. The van der Waals surface area contributed by atoms with Gasteiger partial charge in [0.15, 0.2) is 0 Å². The number of rotatable bonds is 5. The molecule has 1 N–H and O–H groups in total. The third kappa shape index (κ3) is 4.52. The zero-order chi connectivity index (χ0) is 21.0. The molecule has 0 saturated carbocycles. The summed E-state index contributed by atoms with van der Waals surface area (Å²) in [6.45, 7) is 2.50. The van der Waals surface area contributed by atoms with E-state index in [4.69, 9.17) is 0 Å². The van der Waals surface area contributed by atoms with E-state index in [1.54, 1.807) is 30.3 Å². The van der Waals surface area contributed by atoms with Gasteiger partial charge in [-0.1, -0.05) is 24.6 Å². The first-order valence-corrected chi connectivity index (χ1v) is 12.2. The molecule has 2 heterocycles. The lowest BCUT2D eigenvalue weighted by Gasteiger charge is -2.33. The molecule has 1 atom stereocenters. The van der Waals surface area contributed by atoms with Crippen LogP contribution in [-0.4, -0.2) is 44.3 Å². The molecule has 7 heteroatoms. The molecule has 2 saturated heterocycles. The topological polar surface area (TPSA) is 69.7 Å². The van der Waals surface area contributed by atoms with E-state index < -0.39 is 16.1 Å². The van der Waals surface area contributed by atoms with Crippen molar-refractivity contribution in [3.8, 4) is 0 Å². The Kier molecular flexibility index (Phi) is 6.39. The van der Waals surface area contributed by atoms with E-state index in [9.17, 15) is 13.2 Å². The smallest absolute Gasteiger partial charge is 0.243 e. The minimum atomic E-state index is -3.70. The molecule has 2 fully saturated rings. The highest BCUT2D eigenvalue weighted by atomic mass is 32.2. The zero-order valence-corrected chi connectivity index (χ0v) is 18.0. The molecule has 2 aromatic carbocycles.